The number of hydrogen-bond acceptors (Lipinski definition) is 5. The molecule has 0 fully saturated rings. The van der Waals surface area contributed by atoms with Crippen molar-refractivity contribution in [3.63, 3.8) is 0 Å². The number of thiazole rings is 1. The number of hydrogen-bond donors (Lipinski definition) is 2. The van der Waals surface area contributed by atoms with Crippen LogP contribution in [0.3, 0.4) is 0 Å². The van der Waals surface area contributed by atoms with Crippen LogP contribution in [0, 0.1) is 0 Å². The molecule has 5 nitrogen and oxygen atoms in total. The maximum atomic E-state index is 11.5. The van der Waals surface area contributed by atoms with Crippen LogP contribution in [0.2, 0.25) is 0 Å². The summed E-state index contributed by atoms with van der Waals surface area (Å²) in [6.45, 7) is 1.03. The fourth-order valence-corrected chi connectivity index (χ4v) is 2.87. The van der Waals surface area contributed by atoms with Crippen molar-refractivity contribution in [2.45, 2.75) is 6.42 Å². The second kappa shape index (κ2) is 5.60. The Morgan fingerprint density at radius 3 is 3.25 bits per heavy atom. The van der Waals surface area contributed by atoms with Gasteiger partial charge in [0, 0.05) is 17.4 Å². The highest BCUT2D eigenvalue weighted by Crippen LogP contribution is 2.31. The maximum absolute atomic E-state index is 11.5. The van der Waals surface area contributed by atoms with Gasteiger partial charge in [-0.3, -0.25) is 4.79 Å². The molecule has 0 unspecified atom stereocenters. The summed E-state index contributed by atoms with van der Waals surface area (Å²) in [4.78, 5) is 15.9. The number of amides is 1. The molecule has 1 aromatic heterocycles. The lowest BCUT2D eigenvalue weighted by Gasteiger charge is -2.02. The van der Waals surface area contributed by atoms with Crippen LogP contribution in [0.1, 0.15) is 5.56 Å². The third kappa shape index (κ3) is 2.66. The van der Waals surface area contributed by atoms with Crippen LogP contribution >= 0.6 is 11.3 Å². The van der Waals surface area contributed by atoms with Gasteiger partial charge in [0.1, 0.15) is 5.75 Å². The largest absolute Gasteiger partial charge is 0.493 e. The normalized spacial score (nSPS) is 12.8. The molecule has 1 aromatic carbocycles. The predicted molar refractivity (Wildman–Crippen MR) is 79.3 cm³/mol. The number of rotatable bonds is 4. The number of aromatic nitrogens is 1. The molecule has 6 heteroatoms. The minimum Gasteiger partial charge on any atom is -0.493 e. The Morgan fingerprint density at radius 2 is 2.40 bits per heavy atom. The highest BCUT2D eigenvalue weighted by Gasteiger charge is 2.14. The molecule has 0 bridgehead atoms. The summed E-state index contributed by atoms with van der Waals surface area (Å²) in [6.07, 6.45) is 0.944. The first kappa shape index (κ1) is 13.1. The molecular formula is C14H15N3O2S. The van der Waals surface area contributed by atoms with Crippen molar-refractivity contribution >= 4 is 22.4 Å². The number of nitrogens with zero attached hydrogens (tertiary/aromatic N) is 1. The number of anilines is 1. The van der Waals surface area contributed by atoms with E-state index in [0.717, 1.165) is 30.0 Å². The number of likely N-dealkylation sites (N-methyl/N-ethyl adjacent to an activating group) is 1. The van der Waals surface area contributed by atoms with E-state index in [2.05, 4.69) is 21.7 Å². The summed E-state index contributed by atoms with van der Waals surface area (Å²) in [5.74, 6) is 0.877. The molecule has 2 heterocycles. The van der Waals surface area contributed by atoms with Gasteiger partial charge in [-0.25, -0.2) is 4.98 Å². The molecule has 1 amide bonds. The van der Waals surface area contributed by atoms with Gasteiger partial charge in [0.25, 0.3) is 0 Å². The Bertz CT molecular complexity index is 639. The second-order valence-electron chi connectivity index (χ2n) is 4.54. The zero-order valence-corrected chi connectivity index (χ0v) is 11.9. The molecule has 0 atom stereocenters. The number of fused-ring (bicyclic) bond motifs is 1. The third-order valence-electron chi connectivity index (χ3n) is 3.07. The number of nitrogens with one attached hydrogen (secondary N) is 2. The van der Waals surface area contributed by atoms with E-state index >= 15 is 0 Å². The first-order valence-corrected chi connectivity index (χ1v) is 7.30. The van der Waals surface area contributed by atoms with Gasteiger partial charge in [0.05, 0.1) is 18.8 Å². The molecule has 2 aromatic rings. The lowest BCUT2D eigenvalue weighted by molar-refractivity contribution is -0.115. The smallest absolute Gasteiger partial charge is 0.240 e. The molecule has 2 N–H and O–H groups in total. The number of carbonyl (C=O) groups is 1. The molecule has 0 saturated heterocycles. The topological polar surface area (TPSA) is 63.2 Å². The zero-order valence-electron chi connectivity index (χ0n) is 11.1. The Hall–Kier alpha value is -1.92. The monoisotopic (exact) mass is 289 g/mol. The van der Waals surface area contributed by atoms with Gasteiger partial charge in [0.15, 0.2) is 5.13 Å². The fraction of sp³-hybridized carbons (Fsp3) is 0.286. The fourth-order valence-electron chi connectivity index (χ4n) is 2.13. The molecule has 1 aliphatic heterocycles. The van der Waals surface area contributed by atoms with Crippen molar-refractivity contribution in [2.75, 3.05) is 25.5 Å². The van der Waals surface area contributed by atoms with Gasteiger partial charge in [-0.05, 0) is 30.8 Å². The number of carbonyl (C=O) groups excluding carboxylic acids is 1. The molecule has 104 valence electrons. The molecule has 1 aliphatic rings. The van der Waals surface area contributed by atoms with Gasteiger partial charge in [-0.15, -0.1) is 11.3 Å². The van der Waals surface area contributed by atoms with Crippen molar-refractivity contribution in [1.29, 1.82) is 0 Å². The predicted octanol–water partition coefficient (Wildman–Crippen LogP) is 1.90. The van der Waals surface area contributed by atoms with Gasteiger partial charge in [-0.2, -0.15) is 0 Å². The third-order valence-corrected chi connectivity index (χ3v) is 3.83. The van der Waals surface area contributed by atoms with Crippen LogP contribution in [0.5, 0.6) is 5.75 Å². The van der Waals surface area contributed by atoms with Crippen LogP contribution in [0.15, 0.2) is 23.6 Å². The molecular weight excluding hydrogens is 274 g/mol. The van der Waals surface area contributed by atoms with Gasteiger partial charge in [0.2, 0.25) is 5.91 Å². The Morgan fingerprint density at radius 1 is 1.50 bits per heavy atom. The highest BCUT2D eigenvalue weighted by atomic mass is 32.1. The van der Waals surface area contributed by atoms with E-state index in [4.69, 9.17) is 4.74 Å². The van der Waals surface area contributed by atoms with Crippen molar-refractivity contribution < 1.29 is 9.53 Å². The maximum Gasteiger partial charge on any atom is 0.240 e. The summed E-state index contributed by atoms with van der Waals surface area (Å²) in [5.41, 5.74) is 3.15. The van der Waals surface area contributed by atoms with Gasteiger partial charge in [-0.1, -0.05) is 0 Å². The summed E-state index contributed by atoms with van der Waals surface area (Å²) in [7, 11) is 1.74. The average Bonchev–Trinajstić information content (AvgIpc) is 3.06. The van der Waals surface area contributed by atoms with Crippen LogP contribution in [0.4, 0.5) is 5.13 Å². The van der Waals surface area contributed by atoms with Gasteiger partial charge >= 0.3 is 0 Å². The number of benzene rings is 1. The molecule has 3 rings (SSSR count). The van der Waals surface area contributed by atoms with Crippen LogP contribution in [-0.4, -0.2) is 31.1 Å². The molecule has 20 heavy (non-hydrogen) atoms. The Kier molecular flexibility index (Phi) is 3.66. The van der Waals surface area contributed by atoms with Crippen LogP contribution in [0.25, 0.3) is 11.3 Å². The second-order valence-corrected chi connectivity index (χ2v) is 5.40. The van der Waals surface area contributed by atoms with Crippen molar-refractivity contribution in [2.24, 2.45) is 0 Å². The van der Waals surface area contributed by atoms with E-state index in [1.807, 2.05) is 17.5 Å². The summed E-state index contributed by atoms with van der Waals surface area (Å²) >= 11 is 1.43. The van der Waals surface area contributed by atoms with E-state index in [0.29, 0.717) is 5.13 Å². The zero-order chi connectivity index (χ0) is 13.9. The quantitative estimate of drug-likeness (QED) is 0.902. The van der Waals surface area contributed by atoms with Crippen LogP contribution in [-0.2, 0) is 11.2 Å². The van der Waals surface area contributed by atoms with Crippen molar-refractivity contribution in [3.8, 4) is 17.0 Å². The lowest BCUT2D eigenvalue weighted by Crippen LogP contribution is -2.24. The first-order chi connectivity index (χ1) is 9.76. The van der Waals surface area contributed by atoms with Crippen molar-refractivity contribution in [1.82, 2.24) is 10.3 Å². The Balaban J connectivity index is 1.78. The summed E-state index contributed by atoms with van der Waals surface area (Å²) in [5, 5.41) is 8.15. The Labute approximate surface area is 121 Å². The molecule has 0 radical (unpaired) electrons. The average molecular weight is 289 g/mol. The van der Waals surface area contributed by atoms with E-state index in [1.54, 1.807) is 7.05 Å². The molecule has 0 spiro atoms. The van der Waals surface area contributed by atoms with E-state index < -0.39 is 0 Å². The van der Waals surface area contributed by atoms with E-state index in [1.165, 1.54) is 16.9 Å². The van der Waals surface area contributed by atoms with E-state index in [-0.39, 0.29) is 12.5 Å². The summed E-state index contributed by atoms with van der Waals surface area (Å²) in [6, 6.07) is 6.09. The highest BCUT2D eigenvalue weighted by molar-refractivity contribution is 7.14. The molecule has 0 saturated carbocycles. The molecule has 0 aliphatic carbocycles. The minimum atomic E-state index is -0.0873. The van der Waals surface area contributed by atoms with E-state index in [9.17, 15) is 4.79 Å². The van der Waals surface area contributed by atoms with Gasteiger partial charge < -0.3 is 15.4 Å². The first-order valence-electron chi connectivity index (χ1n) is 6.42. The summed E-state index contributed by atoms with van der Waals surface area (Å²) < 4.78 is 5.49. The SMILES string of the molecule is CNCC(=O)Nc1nc(-c2ccc3c(c2)CCO3)cs1. The van der Waals surface area contributed by atoms with Crippen LogP contribution < -0.4 is 15.4 Å². The van der Waals surface area contributed by atoms with Crippen molar-refractivity contribution in [3.05, 3.63) is 29.1 Å². The minimum absolute atomic E-state index is 0.0873. The number of ether oxygens (including phenoxy) is 1. The lowest BCUT2D eigenvalue weighted by atomic mass is 10.1. The standard InChI is InChI=1S/C14H15N3O2S/c1-15-7-13(18)17-14-16-11(8-20-14)9-2-3-12-10(6-9)4-5-19-12/h2-3,6,8,15H,4-5,7H2,1H3,(H,16,17,18).